The lowest BCUT2D eigenvalue weighted by Crippen LogP contribution is -2.35. The van der Waals surface area contributed by atoms with Gasteiger partial charge in [0.25, 0.3) is 0 Å². The predicted molar refractivity (Wildman–Crippen MR) is 107 cm³/mol. The highest BCUT2D eigenvalue weighted by Gasteiger charge is 2.50. The Bertz CT molecular complexity index is 1110. The van der Waals surface area contributed by atoms with Gasteiger partial charge in [0.15, 0.2) is 17.3 Å². The van der Waals surface area contributed by atoms with Gasteiger partial charge in [0.1, 0.15) is 12.4 Å². The number of aromatic nitrogens is 1. The molecule has 2 aromatic carbocycles. The summed E-state index contributed by atoms with van der Waals surface area (Å²) < 4.78 is 23.0. The monoisotopic (exact) mass is 390 g/mol. The van der Waals surface area contributed by atoms with E-state index < -0.39 is 0 Å². The van der Waals surface area contributed by atoms with E-state index in [1.807, 2.05) is 6.07 Å². The average Bonchev–Trinajstić information content (AvgIpc) is 3.49. The average molecular weight is 390 g/mol. The van der Waals surface area contributed by atoms with Crippen molar-refractivity contribution < 1.29 is 18.7 Å². The van der Waals surface area contributed by atoms with Crippen LogP contribution in [0.1, 0.15) is 42.3 Å². The minimum absolute atomic E-state index is 0.228. The van der Waals surface area contributed by atoms with Crippen molar-refractivity contribution in [2.75, 3.05) is 24.8 Å². The number of anilines is 1. The molecule has 148 valence electrons. The third kappa shape index (κ3) is 2.38. The summed E-state index contributed by atoms with van der Waals surface area (Å²) in [5, 5.41) is 4.22. The quantitative estimate of drug-likeness (QED) is 0.667. The second-order valence-corrected chi connectivity index (χ2v) is 8.32. The van der Waals surface area contributed by atoms with Crippen LogP contribution in [0.2, 0.25) is 0 Å². The van der Waals surface area contributed by atoms with Crippen LogP contribution in [0.4, 0.5) is 5.69 Å². The molecule has 0 saturated carbocycles. The van der Waals surface area contributed by atoms with E-state index in [-0.39, 0.29) is 12.2 Å². The maximum absolute atomic E-state index is 6.15. The van der Waals surface area contributed by atoms with Crippen molar-refractivity contribution in [3.63, 3.8) is 0 Å². The van der Waals surface area contributed by atoms with Crippen LogP contribution in [0.15, 0.2) is 47.0 Å². The molecule has 0 amide bonds. The zero-order valence-corrected chi connectivity index (χ0v) is 16.5. The largest absolute Gasteiger partial charge is 0.492 e. The molecular weight excluding hydrogens is 368 g/mol. The van der Waals surface area contributed by atoms with Gasteiger partial charge in [0.05, 0.1) is 17.7 Å². The first-order valence-corrected chi connectivity index (χ1v) is 10.0. The summed E-state index contributed by atoms with van der Waals surface area (Å²) in [5.41, 5.74) is 4.42. The highest BCUT2D eigenvalue weighted by Crippen LogP contribution is 2.54. The number of rotatable bonds is 3. The number of nitrogens with zero attached hydrogens (tertiary/aromatic N) is 2. The molecule has 0 aliphatic carbocycles. The Morgan fingerprint density at radius 2 is 1.83 bits per heavy atom. The van der Waals surface area contributed by atoms with E-state index in [1.165, 1.54) is 11.3 Å². The van der Waals surface area contributed by atoms with Gasteiger partial charge in [-0.3, -0.25) is 0 Å². The van der Waals surface area contributed by atoms with Crippen LogP contribution in [0, 0.1) is 0 Å². The van der Waals surface area contributed by atoms with Crippen molar-refractivity contribution in [3.8, 4) is 17.2 Å². The van der Waals surface area contributed by atoms with Crippen LogP contribution in [0.3, 0.4) is 0 Å². The van der Waals surface area contributed by atoms with Gasteiger partial charge in [-0.2, -0.15) is 0 Å². The van der Waals surface area contributed by atoms with Gasteiger partial charge >= 0.3 is 0 Å². The van der Waals surface area contributed by atoms with Crippen molar-refractivity contribution in [2.24, 2.45) is 0 Å². The van der Waals surface area contributed by atoms with Crippen molar-refractivity contribution in [3.05, 3.63) is 65.0 Å². The maximum atomic E-state index is 6.15. The third-order valence-corrected chi connectivity index (χ3v) is 6.20. The van der Waals surface area contributed by atoms with Crippen molar-refractivity contribution in [1.82, 2.24) is 5.16 Å². The summed E-state index contributed by atoms with van der Waals surface area (Å²) in [6.45, 7) is 6.61. The van der Waals surface area contributed by atoms with Gasteiger partial charge in [-0.25, -0.2) is 0 Å². The van der Waals surface area contributed by atoms with Crippen LogP contribution in [-0.4, -0.2) is 25.1 Å². The van der Waals surface area contributed by atoms with E-state index in [4.69, 9.17) is 18.7 Å². The minimum atomic E-state index is -0.228. The standard InChI is InChI=1S/C23H22N2O4/c1-14(2)18-7-15(29-24-18)10-25-11-23(16-5-3-4-6-19(16)25)12-26-20-9-22-21(8-17(20)23)27-13-28-22/h3-9,14H,10-13H2,1-2H3. The van der Waals surface area contributed by atoms with E-state index in [9.17, 15) is 0 Å². The molecule has 3 aliphatic rings. The molecule has 1 aromatic heterocycles. The molecule has 1 atom stereocenters. The fourth-order valence-corrected chi connectivity index (χ4v) is 4.70. The topological polar surface area (TPSA) is 57.0 Å². The molecule has 0 saturated heterocycles. The van der Waals surface area contributed by atoms with Crippen LogP contribution in [-0.2, 0) is 12.0 Å². The van der Waals surface area contributed by atoms with Gasteiger partial charge in [-0.1, -0.05) is 37.2 Å². The molecule has 3 aromatic rings. The van der Waals surface area contributed by atoms with Gasteiger partial charge in [-0.05, 0) is 23.6 Å². The molecule has 0 N–H and O–H groups in total. The summed E-state index contributed by atoms with van der Waals surface area (Å²) in [5.74, 6) is 3.66. The molecule has 0 bridgehead atoms. The molecule has 3 aliphatic heterocycles. The fourth-order valence-electron chi connectivity index (χ4n) is 4.70. The number of hydrogen-bond donors (Lipinski definition) is 0. The Morgan fingerprint density at radius 3 is 2.66 bits per heavy atom. The number of hydrogen-bond acceptors (Lipinski definition) is 6. The second kappa shape index (κ2) is 5.92. The Kier molecular flexibility index (Phi) is 3.43. The molecule has 0 fully saturated rings. The van der Waals surface area contributed by atoms with Crippen molar-refractivity contribution in [2.45, 2.75) is 31.7 Å². The number of benzene rings is 2. The first kappa shape index (κ1) is 16.8. The number of ether oxygens (including phenoxy) is 3. The molecule has 6 nitrogen and oxygen atoms in total. The summed E-state index contributed by atoms with van der Waals surface area (Å²) in [7, 11) is 0. The smallest absolute Gasteiger partial charge is 0.231 e. The predicted octanol–water partition coefficient (Wildman–Crippen LogP) is 4.23. The second-order valence-electron chi connectivity index (χ2n) is 8.32. The number of fused-ring (bicyclic) bond motifs is 5. The maximum Gasteiger partial charge on any atom is 0.231 e. The molecule has 1 spiro atoms. The Labute approximate surface area is 169 Å². The summed E-state index contributed by atoms with van der Waals surface area (Å²) in [4.78, 5) is 2.36. The lowest BCUT2D eigenvalue weighted by atomic mass is 9.77. The normalized spacial score (nSPS) is 21.0. The van der Waals surface area contributed by atoms with Crippen LogP contribution in [0.25, 0.3) is 0 Å². The Hall–Kier alpha value is -3.15. The molecular formula is C23H22N2O4. The summed E-state index contributed by atoms with van der Waals surface area (Å²) >= 11 is 0. The molecule has 29 heavy (non-hydrogen) atoms. The van der Waals surface area contributed by atoms with Gasteiger partial charge in [0, 0.05) is 29.9 Å². The third-order valence-electron chi connectivity index (χ3n) is 6.20. The highest BCUT2D eigenvalue weighted by atomic mass is 16.7. The van der Waals surface area contributed by atoms with E-state index in [0.717, 1.165) is 40.8 Å². The zero-order chi connectivity index (χ0) is 19.6. The molecule has 1 unspecified atom stereocenters. The lowest BCUT2D eigenvalue weighted by Gasteiger charge is -2.24. The Morgan fingerprint density at radius 1 is 1.00 bits per heavy atom. The van der Waals surface area contributed by atoms with Gasteiger partial charge in [0.2, 0.25) is 6.79 Å². The fraction of sp³-hybridized carbons (Fsp3) is 0.348. The summed E-state index contributed by atoms with van der Waals surface area (Å²) in [6.07, 6.45) is 0. The van der Waals surface area contributed by atoms with Crippen LogP contribution >= 0.6 is 0 Å². The first-order chi connectivity index (χ1) is 14.1. The Balaban J connectivity index is 1.41. The lowest BCUT2D eigenvalue weighted by molar-refractivity contribution is 0.173. The minimum Gasteiger partial charge on any atom is -0.492 e. The van der Waals surface area contributed by atoms with Gasteiger partial charge in [-0.15, -0.1) is 0 Å². The van der Waals surface area contributed by atoms with Crippen LogP contribution in [0.5, 0.6) is 17.2 Å². The molecule has 6 rings (SSSR count). The van der Waals surface area contributed by atoms with E-state index in [1.54, 1.807) is 0 Å². The number of para-hydroxylation sites is 1. The van der Waals surface area contributed by atoms with Crippen molar-refractivity contribution in [1.29, 1.82) is 0 Å². The van der Waals surface area contributed by atoms with Crippen molar-refractivity contribution >= 4 is 5.69 Å². The first-order valence-electron chi connectivity index (χ1n) is 10.0. The van der Waals surface area contributed by atoms with Crippen LogP contribution < -0.4 is 19.1 Å². The highest BCUT2D eigenvalue weighted by molar-refractivity contribution is 5.70. The van der Waals surface area contributed by atoms with Gasteiger partial charge < -0.3 is 23.6 Å². The SMILES string of the molecule is CC(C)c1cc(CN2CC3(COc4cc5c(cc43)OCO5)c3ccccc32)on1. The van der Waals surface area contributed by atoms with E-state index in [2.05, 4.69) is 60.3 Å². The molecule has 6 heteroatoms. The van der Waals surface area contributed by atoms with E-state index in [0.29, 0.717) is 19.1 Å². The van der Waals surface area contributed by atoms with E-state index >= 15 is 0 Å². The summed E-state index contributed by atoms with van der Waals surface area (Å²) in [6, 6.07) is 14.7. The molecule has 4 heterocycles. The molecule has 0 radical (unpaired) electrons. The zero-order valence-electron chi connectivity index (χ0n) is 16.5.